The van der Waals surface area contributed by atoms with Crippen LogP contribution in [0.5, 0.6) is 0 Å². The molecule has 2 unspecified atom stereocenters. The van der Waals surface area contributed by atoms with Crippen molar-refractivity contribution in [2.75, 3.05) is 0 Å². The van der Waals surface area contributed by atoms with E-state index in [2.05, 4.69) is 18.0 Å². The van der Waals surface area contributed by atoms with Crippen LogP contribution in [-0.4, -0.2) is 11.1 Å². The predicted octanol–water partition coefficient (Wildman–Crippen LogP) is 2.64. The highest BCUT2D eigenvalue weighted by Gasteiger charge is 2.19. The van der Waals surface area contributed by atoms with E-state index in [1.807, 2.05) is 6.07 Å². The molecule has 1 heterocycles. The summed E-state index contributed by atoms with van der Waals surface area (Å²) in [5.74, 6) is 0.802. The standard InChI is InChI=1S/C14H22N2O/c1-11-4-2-6-13(8-11)17-10-12-5-3-7-16-14(12)9-15/h3,5,7,11,13H,2,4,6,8-10,15H2,1H3. The van der Waals surface area contributed by atoms with Gasteiger partial charge in [-0.05, 0) is 24.8 Å². The predicted molar refractivity (Wildman–Crippen MR) is 68.3 cm³/mol. The highest BCUT2D eigenvalue weighted by molar-refractivity contribution is 5.18. The fourth-order valence-corrected chi connectivity index (χ4v) is 2.52. The lowest BCUT2D eigenvalue weighted by Crippen LogP contribution is -2.21. The van der Waals surface area contributed by atoms with Gasteiger partial charge in [0.15, 0.2) is 0 Å². The van der Waals surface area contributed by atoms with Gasteiger partial charge in [-0.2, -0.15) is 0 Å². The highest BCUT2D eigenvalue weighted by atomic mass is 16.5. The third kappa shape index (κ3) is 3.51. The summed E-state index contributed by atoms with van der Waals surface area (Å²) >= 11 is 0. The van der Waals surface area contributed by atoms with E-state index in [-0.39, 0.29) is 0 Å². The molecule has 0 aromatic carbocycles. The number of nitrogens with two attached hydrogens (primary N) is 1. The maximum absolute atomic E-state index is 5.99. The van der Waals surface area contributed by atoms with Crippen LogP contribution in [0.15, 0.2) is 18.3 Å². The zero-order chi connectivity index (χ0) is 12.1. The Kier molecular flexibility index (Phi) is 4.51. The maximum Gasteiger partial charge on any atom is 0.0738 e. The number of ether oxygens (including phenoxy) is 1. The van der Waals surface area contributed by atoms with Gasteiger partial charge in [-0.1, -0.05) is 25.8 Å². The van der Waals surface area contributed by atoms with Crippen molar-refractivity contribution >= 4 is 0 Å². The number of rotatable bonds is 4. The van der Waals surface area contributed by atoms with Crippen LogP contribution in [-0.2, 0) is 17.9 Å². The highest BCUT2D eigenvalue weighted by Crippen LogP contribution is 2.26. The Bertz CT molecular complexity index is 354. The SMILES string of the molecule is CC1CCCC(OCc2cccnc2CN)C1. The first kappa shape index (κ1) is 12.5. The van der Waals surface area contributed by atoms with Crippen molar-refractivity contribution in [1.29, 1.82) is 0 Å². The molecule has 94 valence electrons. The normalized spacial score (nSPS) is 24.8. The lowest BCUT2D eigenvalue weighted by Gasteiger charge is -2.27. The molecule has 1 aromatic rings. The summed E-state index contributed by atoms with van der Waals surface area (Å²) in [6.45, 7) is 3.45. The molecule has 0 spiro atoms. The largest absolute Gasteiger partial charge is 0.373 e. The van der Waals surface area contributed by atoms with Crippen LogP contribution in [0.25, 0.3) is 0 Å². The van der Waals surface area contributed by atoms with E-state index in [4.69, 9.17) is 10.5 Å². The zero-order valence-electron chi connectivity index (χ0n) is 10.6. The zero-order valence-corrected chi connectivity index (χ0v) is 10.6. The number of aromatic nitrogens is 1. The average molecular weight is 234 g/mol. The smallest absolute Gasteiger partial charge is 0.0738 e. The second-order valence-corrected chi connectivity index (χ2v) is 5.02. The van der Waals surface area contributed by atoms with Gasteiger partial charge in [0.1, 0.15) is 0 Å². The van der Waals surface area contributed by atoms with Crippen LogP contribution in [0, 0.1) is 5.92 Å². The molecule has 2 rings (SSSR count). The Morgan fingerprint density at radius 3 is 3.12 bits per heavy atom. The number of hydrogen-bond donors (Lipinski definition) is 1. The molecule has 0 saturated heterocycles. The summed E-state index contributed by atoms with van der Waals surface area (Å²) in [7, 11) is 0. The average Bonchev–Trinajstić information content (AvgIpc) is 2.37. The Hall–Kier alpha value is -0.930. The first-order valence-corrected chi connectivity index (χ1v) is 6.54. The van der Waals surface area contributed by atoms with Crippen LogP contribution < -0.4 is 5.73 Å². The van der Waals surface area contributed by atoms with E-state index >= 15 is 0 Å². The summed E-state index contributed by atoms with van der Waals surface area (Å²) < 4.78 is 5.99. The first-order chi connectivity index (χ1) is 8.29. The minimum Gasteiger partial charge on any atom is -0.373 e. The molecule has 3 nitrogen and oxygen atoms in total. The van der Waals surface area contributed by atoms with Gasteiger partial charge in [-0.25, -0.2) is 0 Å². The third-order valence-corrected chi connectivity index (χ3v) is 3.54. The molecule has 0 amide bonds. The monoisotopic (exact) mass is 234 g/mol. The van der Waals surface area contributed by atoms with Crippen molar-refractivity contribution in [3.8, 4) is 0 Å². The van der Waals surface area contributed by atoms with E-state index in [0.29, 0.717) is 19.3 Å². The molecule has 1 aliphatic carbocycles. The molecule has 0 aliphatic heterocycles. The van der Waals surface area contributed by atoms with Crippen molar-refractivity contribution in [3.05, 3.63) is 29.6 Å². The second-order valence-electron chi connectivity index (χ2n) is 5.02. The number of nitrogens with zero attached hydrogens (tertiary/aromatic N) is 1. The third-order valence-electron chi connectivity index (χ3n) is 3.54. The van der Waals surface area contributed by atoms with Crippen LogP contribution in [0.1, 0.15) is 43.9 Å². The van der Waals surface area contributed by atoms with Gasteiger partial charge in [0, 0.05) is 18.3 Å². The molecule has 1 aliphatic rings. The van der Waals surface area contributed by atoms with Gasteiger partial charge in [-0.15, -0.1) is 0 Å². The van der Waals surface area contributed by atoms with E-state index in [1.54, 1.807) is 6.20 Å². The summed E-state index contributed by atoms with van der Waals surface area (Å²) in [5.41, 5.74) is 7.75. The van der Waals surface area contributed by atoms with Crippen molar-refractivity contribution in [3.63, 3.8) is 0 Å². The lowest BCUT2D eigenvalue weighted by atomic mass is 9.89. The molecule has 3 heteroatoms. The summed E-state index contributed by atoms with van der Waals surface area (Å²) in [6.07, 6.45) is 7.24. The Morgan fingerprint density at radius 1 is 1.47 bits per heavy atom. The maximum atomic E-state index is 5.99. The van der Waals surface area contributed by atoms with E-state index in [9.17, 15) is 0 Å². The van der Waals surface area contributed by atoms with E-state index < -0.39 is 0 Å². The van der Waals surface area contributed by atoms with Gasteiger partial charge >= 0.3 is 0 Å². The summed E-state index contributed by atoms with van der Waals surface area (Å²) in [4.78, 5) is 4.27. The van der Waals surface area contributed by atoms with E-state index in [1.165, 1.54) is 25.7 Å². The fraction of sp³-hybridized carbons (Fsp3) is 0.643. The van der Waals surface area contributed by atoms with Crippen molar-refractivity contribution in [1.82, 2.24) is 4.98 Å². The van der Waals surface area contributed by atoms with Crippen LogP contribution in [0.4, 0.5) is 0 Å². The molecular weight excluding hydrogens is 212 g/mol. The fourth-order valence-electron chi connectivity index (χ4n) is 2.52. The summed E-state index contributed by atoms with van der Waals surface area (Å²) in [6, 6.07) is 4.00. The first-order valence-electron chi connectivity index (χ1n) is 6.54. The van der Waals surface area contributed by atoms with Gasteiger partial charge in [0.05, 0.1) is 18.4 Å². The van der Waals surface area contributed by atoms with Gasteiger partial charge in [0.25, 0.3) is 0 Å². The van der Waals surface area contributed by atoms with Crippen LogP contribution in [0.3, 0.4) is 0 Å². The number of pyridine rings is 1. The van der Waals surface area contributed by atoms with E-state index in [0.717, 1.165) is 17.2 Å². The van der Waals surface area contributed by atoms with Crippen molar-refractivity contribution in [2.45, 2.75) is 51.9 Å². The van der Waals surface area contributed by atoms with Gasteiger partial charge in [0.2, 0.25) is 0 Å². The molecule has 2 atom stereocenters. The van der Waals surface area contributed by atoms with Gasteiger partial charge in [-0.3, -0.25) is 4.98 Å². The Morgan fingerprint density at radius 2 is 2.35 bits per heavy atom. The Labute approximate surface area is 103 Å². The molecule has 1 aromatic heterocycles. The minimum atomic E-state index is 0.421. The quantitative estimate of drug-likeness (QED) is 0.871. The van der Waals surface area contributed by atoms with Crippen molar-refractivity contribution < 1.29 is 4.74 Å². The number of hydrogen-bond acceptors (Lipinski definition) is 3. The molecular formula is C14H22N2O. The molecule has 0 radical (unpaired) electrons. The van der Waals surface area contributed by atoms with Crippen molar-refractivity contribution in [2.24, 2.45) is 11.7 Å². The van der Waals surface area contributed by atoms with Gasteiger partial charge < -0.3 is 10.5 Å². The topological polar surface area (TPSA) is 48.1 Å². The molecule has 2 N–H and O–H groups in total. The molecule has 1 fully saturated rings. The van der Waals surface area contributed by atoms with Crippen LogP contribution in [0.2, 0.25) is 0 Å². The second kappa shape index (κ2) is 6.12. The molecule has 0 bridgehead atoms. The lowest BCUT2D eigenvalue weighted by molar-refractivity contribution is 0.00425. The molecule has 1 saturated carbocycles. The summed E-state index contributed by atoms with van der Waals surface area (Å²) in [5, 5.41) is 0. The molecule has 17 heavy (non-hydrogen) atoms. The van der Waals surface area contributed by atoms with Crippen LogP contribution >= 0.6 is 0 Å². The Balaban J connectivity index is 1.88. The minimum absolute atomic E-state index is 0.421.